The fraction of sp³-hybridized carbons (Fsp3) is 0.682. The highest BCUT2D eigenvalue weighted by atomic mass is 127. The molecule has 0 spiro atoms. The van der Waals surface area contributed by atoms with Gasteiger partial charge in [-0.3, -0.25) is 9.89 Å². The first-order valence-corrected chi connectivity index (χ1v) is 10.7. The maximum atomic E-state index is 5.72. The smallest absolute Gasteiger partial charge is 0.191 e. The third-order valence-corrected chi connectivity index (χ3v) is 5.81. The van der Waals surface area contributed by atoms with Crippen molar-refractivity contribution in [2.75, 3.05) is 46.9 Å². The summed E-state index contributed by atoms with van der Waals surface area (Å²) in [5, 5.41) is 6.85. The number of rotatable bonds is 7. The van der Waals surface area contributed by atoms with Gasteiger partial charge in [-0.1, -0.05) is 12.1 Å². The van der Waals surface area contributed by atoms with Crippen LogP contribution in [0, 0.1) is 5.92 Å². The number of guanidine groups is 1. The van der Waals surface area contributed by atoms with E-state index in [0.717, 1.165) is 57.3 Å². The average molecular weight is 516 g/mol. The molecule has 0 aromatic heterocycles. The quantitative estimate of drug-likeness (QED) is 0.331. The van der Waals surface area contributed by atoms with Gasteiger partial charge in [0.05, 0.1) is 13.2 Å². The van der Waals surface area contributed by atoms with Crippen molar-refractivity contribution in [1.29, 1.82) is 0 Å². The first kappa shape index (κ1) is 24.2. The highest BCUT2D eigenvalue weighted by Gasteiger charge is 2.30. The summed E-state index contributed by atoms with van der Waals surface area (Å²) in [6, 6.07) is 8.91. The summed E-state index contributed by atoms with van der Waals surface area (Å²) in [5.74, 6) is 2.31. The molecule has 1 aromatic rings. The van der Waals surface area contributed by atoms with Gasteiger partial charge in [-0.15, -0.1) is 24.0 Å². The normalized spacial score (nSPS) is 25.3. The summed E-state index contributed by atoms with van der Waals surface area (Å²) in [5.41, 5.74) is 1.35. The molecule has 164 valence electrons. The van der Waals surface area contributed by atoms with Gasteiger partial charge in [-0.2, -0.15) is 0 Å². The number of nitrogens with one attached hydrogen (secondary N) is 2. The van der Waals surface area contributed by atoms with E-state index in [2.05, 4.69) is 53.8 Å². The number of halogens is 1. The summed E-state index contributed by atoms with van der Waals surface area (Å²) in [6.07, 6.45) is 5.05. The molecule has 3 atom stereocenters. The molecule has 2 heterocycles. The molecule has 0 aliphatic carbocycles. The van der Waals surface area contributed by atoms with E-state index in [-0.39, 0.29) is 24.0 Å². The summed E-state index contributed by atoms with van der Waals surface area (Å²) in [6.45, 7) is 6.65. The molecule has 3 unspecified atom stereocenters. The number of hydrogen-bond acceptors (Lipinski definition) is 4. The SMILES string of the molecule is CCNC(=NCC1CCCN(C)C1c1ccc(OC)cc1)NCC1CCCO1.I. The molecule has 0 radical (unpaired) electrons. The minimum absolute atomic E-state index is 0. The van der Waals surface area contributed by atoms with Crippen molar-refractivity contribution < 1.29 is 9.47 Å². The van der Waals surface area contributed by atoms with Crippen molar-refractivity contribution >= 4 is 29.9 Å². The third kappa shape index (κ3) is 7.00. The maximum Gasteiger partial charge on any atom is 0.191 e. The first-order valence-electron chi connectivity index (χ1n) is 10.7. The number of piperidine rings is 1. The number of hydrogen-bond donors (Lipinski definition) is 2. The molecule has 3 rings (SSSR count). The van der Waals surface area contributed by atoms with Gasteiger partial charge in [0.1, 0.15) is 5.75 Å². The number of nitrogens with zero attached hydrogens (tertiary/aromatic N) is 2. The Morgan fingerprint density at radius 1 is 1.21 bits per heavy atom. The molecule has 0 saturated carbocycles. The fourth-order valence-corrected chi connectivity index (χ4v) is 4.34. The highest BCUT2D eigenvalue weighted by molar-refractivity contribution is 14.0. The molecule has 1 aromatic carbocycles. The van der Waals surface area contributed by atoms with Crippen molar-refractivity contribution in [2.45, 2.75) is 44.8 Å². The Labute approximate surface area is 192 Å². The summed E-state index contributed by atoms with van der Waals surface area (Å²) in [4.78, 5) is 7.40. The van der Waals surface area contributed by atoms with Crippen LogP contribution in [0.3, 0.4) is 0 Å². The van der Waals surface area contributed by atoms with Gasteiger partial charge in [0.2, 0.25) is 0 Å². The molecule has 2 saturated heterocycles. The van der Waals surface area contributed by atoms with Crippen LogP contribution in [0.15, 0.2) is 29.3 Å². The van der Waals surface area contributed by atoms with E-state index in [1.807, 2.05) is 0 Å². The Morgan fingerprint density at radius 2 is 2.00 bits per heavy atom. The summed E-state index contributed by atoms with van der Waals surface area (Å²) in [7, 11) is 3.94. The van der Waals surface area contributed by atoms with Crippen molar-refractivity contribution in [3.05, 3.63) is 29.8 Å². The van der Waals surface area contributed by atoms with Crippen LogP contribution in [-0.4, -0.2) is 63.9 Å². The first-order chi connectivity index (χ1) is 13.7. The van der Waals surface area contributed by atoms with Crippen LogP contribution in [0.25, 0.3) is 0 Å². The van der Waals surface area contributed by atoms with E-state index in [1.165, 1.54) is 18.4 Å². The lowest BCUT2D eigenvalue weighted by molar-refractivity contribution is 0.113. The van der Waals surface area contributed by atoms with Crippen LogP contribution in [0.4, 0.5) is 0 Å². The van der Waals surface area contributed by atoms with E-state index in [9.17, 15) is 0 Å². The molecular formula is C22H37IN4O2. The van der Waals surface area contributed by atoms with Gasteiger partial charge >= 0.3 is 0 Å². The number of benzene rings is 1. The van der Waals surface area contributed by atoms with Gasteiger partial charge in [0.15, 0.2) is 5.96 Å². The van der Waals surface area contributed by atoms with Crippen LogP contribution < -0.4 is 15.4 Å². The van der Waals surface area contributed by atoms with Crippen LogP contribution >= 0.6 is 24.0 Å². The molecule has 7 heteroatoms. The minimum atomic E-state index is 0. The van der Waals surface area contributed by atoms with E-state index in [0.29, 0.717) is 18.1 Å². The number of likely N-dealkylation sites (tertiary alicyclic amines) is 1. The van der Waals surface area contributed by atoms with Crippen molar-refractivity contribution in [1.82, 2.24) is 15.5 Å². The largest absolute Gasteiger partial charge is 0.497 e. The summed E-state index contributed by atoms with van der Waals surface area (Å²) < 4.78 is 11.0. The fourth-order valence-electron chi connectivity index (χ4n) is 4.34. The average Bonchev–Trinajstić information content (AvgIpc) is 3.24. The minimum Gasteiger partial charge on any atom is -0.497 e. The van der Waals surface area contributed by atoms with Gasteiger partial charge in [0.25, 0.3) is 0 Å². The van der Waals surface area contributed by atoms with Crippen LogP contribution in [0.5, 0.6) is 5.75 Å². The zero-order chi connectivity index (χ0) is 19.8. The van der Waals surface area contributed by atoms with Gasteiger partial charge in [0, 0.05) is 32.3 Å². The van der Waals surface area contributed by atoms with Gasteiger partial charge in [-0.05, 0) is 69.8 Å². The molecule has 2 N–H and O–H groups in total. The summed E-state index contributed by atoms with van der Waals surface area (Å²) >= 11 is 0. The van der Waals surface area contributed by atoms with Crippen LogP contribution in [0.1, 0.15) is 44.2 Å². The Hall–Kier alpha value is -1.06. The molecule has 0 amide bonds. The van der Waals surface area contributed by atoms with Gasteiger partial charge in [-0.25, -0.2) is 0 Å². The van der Waals surface area contributed by atoms with Crippen molar-refractivity contribution in [3.63, 3.8) is 0 Å². The maximum absolute atomic E-state index is 5.72. The van der Waals surface area contributed by atoms with Crippen LogP contribution in [0.2, 0.25) is 0 Å². The van der Waals surface area contributed by atoms with Crippen LogP contribution in [-0.2, 0) is 4.74 Å². The third-order valence-electron chi connectivity index (χ3n) is 5.81. The number of ether oxygens (including phenoxy) is 2. The molecule has 2 aliphatic rings. The van der Waals surface area contributed by atoms with E-state index in [4.69, 9.17) is 14.5 Å². The molecular weight excluding hydrogens is 479 g/mol. The molecule has 2 aliphatic heterocycles. The van der Waals surface area contributed by atoms with E-state index >= 15 is 0 Å². The lowest BCUT2D eigenvalue weighted by Crippen LogP contribution is -2.42. The van der Waals surface area contributed by atoms with E-state index in [1.54, 1.807) is 7.11 Å². The van der Waals surface area contributed by atoms with E-state index < -0.39 is 0 Å². The number of methoxy groups -OCH3 is 1. The Morgan fingerprint density at radius 3 is 2.66 bits per heavy atom. The highest BCUT2D eigenvalue weighted by Crippen LogP contribution is 2.35. The zero-order valence-corrected chi connectivity index (χ0v) is 20.4. The van der Waals surface area contributed by atoms with Crippen molar-refractivity contribution in [2.24, 2.45) is 10.9 Å². The lowest BCUT2D eigenvalue weighted by atomic mass is 9.85. The monoisotopic (exact) mass is 516 g/mol. The topological polar surface area (TPSA) is 58.1 Å². The predicted octanol–water partition coefficient (Wildman–Crippen LogP) is 3.43. The second kappa shape index (κ2) is 12.6. The standard InChI is InChI=1S/C22H36N4O2.HI/c1-4-23-22(25-16-20-8-6-14-28-20)24-15-18-7-5-13-26(2)21(18)17-9-11-19(27-3)12-10-17;/h9-12,18,20-21H,4-8,13-16H2,1-3H3,(H2,23,24,25);1H. The predicted molar refractivity (Wildman–Crippen MR) is 129 cm³/mol. The lowest BCUT2D eigenvalue weighted by Gasteiger charge is -2.39. The molecule has 0 bridgehead atoms. The Kier molecular flexibility index (Phi) is 10.5. The van der Waals surface area contributed by atoms with Crippen molar-refractivity contribution in [3.8, 4) is 5.75 Å². The molecule has 6 nitrogen and oxygen atoms in total. The Bertz CT molecular complexity index is 620. The van der Waals surface area contributed by atoms with Gasteiger partial charge < -0.3 is 20.1 Å². The zero-order valence-electron chi connectivity index (χ0n) is 18.0. The number of aliphatic imine (C=N–C) groups is 1. The molecule has 29 heavy (non-hydrogen) atoms. The molecule has 2 fully saturated rings. The Balaban J connectivity index is 0.00000300. The second-order valence-corrected chi connectivity index (χ2v) is 7.84. The second-order valence-electron chi connectivity index (χ2n) is 7.84.